The van der Waals surface area contributed by atoms with Gasteiger partial charge in [-0.25, -0.2) is 4.98 Å². The second kappa shape index (κ2) is 8.60. The number of methoxy groups -OCH3 is 2. The van der Waals surface area contributed by atoms with E-state index in [0.29, 0.717) is 32.1 Å². The zero-order valence-corrected chi connectivity index (χ0v) is 11.8. The molecule has 1 heterocycles. The number of hydrogen-bond donors (Lipinski definition) is 1. The SMILES string of the molecule is CCc1nc(C(=O)N(CCCOC)CCOC)n[nH]1. The van der Waals surface area contributed by atoms with Crippen LogP contribution in [-0.4, -0.2) is 66.5 Å². The lowest BCUT2D eigenvalue weighted by atomic mass is 10.3. The maximum atomic E-state index is 12.3. The van der Waals surface area contributed by atoms with E-state index in [2.05, 4.69) is 15.2 Å². The summed E-state index contributed by atoms with van der Waals surface area (Å²) < 4.78 is 10.0. The van der Waals surface area contributed by atoms with Gasteiger partial charge in [-0.3, -0.25) is 9.89 Å². The molecule has 0 atom stereocenters. The largest absolute Gasteiger partial charge is 0.385 e. The van der Waals surface area contributed by atoms with Crippen molar-refractivity contribution in [3.63, 3.8) is 0 Å². The van der Waals surface area contributed by atoms with E-state index in [4.69, 9.17) is 9.47 Å². The van der Waals surface area contributed by atoms with Crippen molar-refractivity contribution in [2.24, 2.45) is 0 Å². The number of carbonyl (C=O) groups excluding carboxylic acids is 1. The van der Waals surface area contributed by atoms with E-state index >= 15 is 0 Å². The van der Waals surface area contributed by atoms with Crippen molar-refractivity contribution in [1.82, 2.24) is 20.1 Å². The van der Waals surface area contributed by atoms with Gasteiger partial charge in [-0.1, -0.05) is 6.92 Å². The maximum Gasteiger partial charge on any atom is 0.293 e. The molecular formula is C12H22N4O3. The second-order valence-corrected chi connectivity index (χ2v) is 4.09. The summed E-state index contributed by atoms with van der Waals surface area (Å²) in [5.41, 5.74) is 0. The van der Waals surface area contributed by atoms with Crippen LogP contribution in [0, 0.1) is 0 Å². The number of aryl methyl sites for hydroxylation is 1. The Balaban J connectivity index is 2.63. The van der Waals surface area contributed by atoms with Gasteiger partial charge in [0.2, 0.25) is 5.82 Å². The Morgan fingerprint density at radius 3 is 2.58 bits per heavy atom. The minimum Gasteiger partial charge on any atom is -0.385 e. The number of H-pyrrole nitrogens is 1. The lowest BCUT2D eigenvalue weighted by Gasteiger charge is -2.20. The quantitative estimate of drug-likeness (QED) is 0.661. The highest BCUT2D eigenvalue weighted by molar-refractivity contribution is 5.90. The van der Waals surface area contributed by atoms with E-state index in [1.165, 1.54) is 0 Å². The van der Waals surface area contributed by atoms with Crippen molar-refractivity contribution in [3.05, 3.63) is 11.6 Å². The molecule has 1 N–H and O–H groups in total. The highest BCUT2D eigenvalue weighted by Crippen LogP contribution is 2.02. The Morgan fingerprint density at radius 2 is 2.00 bits per heavy atom. The van der Waals surface area contributed by atoms with Gasteiger partial charge in [0.1, 0.15) is 5.82 Å². The summed E-state index contributed by atoms with van der Waals surface area (Å²) in [5.74, 6) is 0.751. The molecule has 0 aliphatic heterocycles. The van der Waals surface area contributed by atoms with Crippen molar-refractivity contribution in [2.75, 3.05) is 40.5 Å². The van der Waals surface area contributed by atoms with Crippen LogP contribution >= 0.6 is 0 Å². The summed E-state index contributed by atoms with van der Waals surface area (Å²) >= 11 is 0. The number of amides is 1. The van der Waals surface area contributed by atoms with Gasteiger partial charge in [0.25, 0.3) is 5.91 Å². The molecule has 0 saturated carbocycles. The Kier molecular flexibility index (Phi) is 7.06. The molecule has 0 unspecified atom stereocenters. The van der Waals surface area contributed by atoms with Gasteiger partial charge in [0.15, 0.2) is 0 Å². The Hall–Kier alpha value is -1.47. The molecule has 1 rings (SSSR count). The Bertz CT molecular complexity index is 381. The van der Waals surface area contributed by atoms with Crippen LogP contribution in [0.2, 0.25) is 0 Å². The third-order valence-corrected chi connectivity index (χ3v) is 2.69. The van der Waals surface area contributed by atoms with E-state index in [0.717, 1.165) is 12.8 Å². The average molecular weight is 270 g/mol. The van der Waals surface area contributed by atoms with Crippen LogP contribution in [0.15, 0.2) is 0 Å². The van der Waals surface area contributed by atoms with Crippen LogP contribution in [0.3, 0.4) is 0 Å². The molecule has 19 heavy (non-hydrogen) atoms. The highest BCUT2D eigenvalue weighted by Gasteiger charge is 2.19. The van der Waals surface area contributed by atoms with Gasteiger partial charge in [-0.05, 0) is 6.42 Å². The van der Waals surface area contributed by atoms with E-state index in [1.807, 2.05) is 6.92 Å². The fraction of sp³-hybridized carbons (Fsp3) is 0.750. The summed E-state index contributed by atoms with van der Waals surface area (Å²) in [6, 6.07) is 0. The first-order valence-electron chi connectivity index (χ1n) is 6.41. The van der Waals surface area contributed by atoms with Gasteiger partial charge < -0.3 is 14.4 Å². The van der Waals surface area contributed by atoms with Crippen LogP contribution in [0.5, 0.6) is 0 Å². The van der Waals surface area contributed by atoms with E-state index in [-0.39, 0.29) is 11.7 Å². The van der Waals surface area contributed by atoms with Crippen molar-refractivity contribution in [1.29, 1.82) is 0 Å². The fourth-order valence-electron chi connectivity index (χ4n) is 1.61. The molecule has 0 spiro atoms. The maximum absolute atomic E-state index is 12.3. The first kappa shape index (κ1) is 15.6. The van der Waals surface area contributed by atoms with Gasteiger partial charge in [0, 0.05) is 40.3 Å². The lowest BCUT2D eigenvalue weighted by molar-refractivity contribution is 0.0662. The number of aromatic nitrogens is 3. The monoisotopic (exact) mass is 270 g/mol. The zero-order chi connectivity index (χ0) is 14.1. The summed E-state index contributed by atoms with van der Waals surface area (Å²) in [6.45, 7) is 4.19. The number of hydrogen-bond acceptors (Lipinski definition) is 5. The van der Waals surface area contributed by atoms with Crippen molar-refractivity contribution < 1.29 is 14.3 Å². The molecule has 1 aromatic rings. The number of aromatic amines is 1. The Morgan fingerprint density at radius 1 is 1.26 bits per heavy atom. The van der Waals surface area contributed by atoms with Crippen LogP contribution in [0.4, 0.5) is 0 Å². The van der Waals surface area contributed by atoms with Crippen molar-refractivity contribution in [2.45, 2.75) is 19.8 Å². The highest BCUT2D eigenvalue weighted by atomic mass is 16.5. The topological polar surface area (TPSA) is 80.3 Å². The van der Waals surface area contributed by atoms with E-state index < -0.39 is 0 Å². The summed E-state index contributed by atoms with van der Waals surface area (Å²) in [5, 5.41) is 6.69. The first-order valence-corrected chi connectivity index (χ1v) is 6.41. The minimum atomic E-state index is -0.177. The second-order valence-electron chi connectivity index (χ2n) is 4.09. The summed E-state index contributed by atoms with van der Waals surface area (Å²) in [4.78, 5) is 18.1. The first-order chi connectivity index (χ1) is 9.22. The zero-order valence-electron chi connectivity index (χ0n) is 11.8. The molecule has 0 bridgehead atoms. The molecule has 1 aromatic heterocycles. The molecule has 0 fully saturated rings. The lowest BCUT2D eigenvalue weighted by Crippen LogP contribution is -2.36. The van der Waals surface area contributed by atoms with E-state index in [1.54, 1.807) is 19.1 Å². The molecule has 0 aromatic carbocycles. The van der Waals surface area contributed by atoms with Crippen LogP contribution < -0.4 is 0 Å². The van der Waals surface area contributed by atoms with Crippen molar-refractivity contribution >= 4 is 5.91 Å². The van der Waals surface area contributed by atoms with Crippen LogP contribution in [0.25, 0.3) is 0 Å². The van der Waals surface area contributed by atoms with Gasteiger partial charge >= 0.3 is 0 Å². The molecular weight excluding hydrogens is 248 g/mol. The molecule has 0 saturated heterocycles. The molecule has 0 radical (unpaired) electrons. The number of ether oxygens (including phenoxy) is 2. The number of nitrogens with one attached hydrogen (secondary N) is 1. The number of carbonyl (C=O) groups is 1. The third-order valence-electron chi connectivity index (χ3n) is 2.69. The normalized spacial score (nSPS) is 10.7. The molecule has 7 heteroatoms. The molecule has 0 aliphatic carbocycles. The third kappa shape index (κ3) is 4.96. The standard InChI is InChI=1S/C12H22N4O3/c1-4-10-13-11(15-14-10)12(17)16(7-9-19-3)6-5-8-18-2/h4-9H2,1-3H3,(H,13,14,15). The molecule has 0 aliphatic rings. The minimum absolute atomic E-state index is 0.177. The molecule has 108 valence electrons. The Labute approximate surface area is 113 Å². The number of rotatable bonds is 9. The fourth-order valence-corrected chi connectivity index (χ4v) is 1.61. The smallest absolute Gasteiger partial charge is 0.293 e. The average Bonchev–Trinajstić information content (AvgIpc) is 2.91. The van der Waals surface area contributed by atoms with E-state index in [9.17, 15) is 4.79 Å². The summed E-state index contributed by atoms with van der Waals surface area (Å²) in [6.07, 6.45) is 1.50. The predicted molar refractivity (Wildman–Crippen MR) is 70.0 cm³/mol. The van der Waals surface area contributed by atoms with Gasteiger partial charge in [0.05, 0.1) is 6.61 Å². The predicted octanol–water partition coefficient (Wildman–Crippen LogP) is 0.492. The molecule has 1 amide bonds. The van der Waals surface area contributed by atoms with Gasteiger partial charge in [-0.2, -0.15) is 0 Å². The number of nitrogens with zero attached hydrogens (tertiary/aromatic N) is 3. The van der Waals surface area contributed by atoms with Crippen molar-refractivity contribution in [3.8, 4) is 0 Å². The summed E-state index contributed by atoms with van der Waals surface area (Å²) in [7, 11) is 3.25. The van der Waals surface area contributed by atoms with Crippen LogP contribution in [-0.2, 0) is 15.9 Å². The molecule has 7 nitrogen and oxygen atoms in total. The van der Waals surface area contributed by atoms with Crippen LogP contribution in [0.1, 0.15) is 29.8 Å². The van der Waals surface area contributed by atoms with Gasteiger partial charge in [-0.15, -0.1) is 5.10 Å².